The van der Waals surface area contributed by atoms with Gasteiger partial charge in [-0.05, 0) is 47.6 Å². The number of hydrogen-bond acceptors (Lipinski definition) is 5. The molecular weight excluding hydrogens is 632 g/mol. The molecule has 3 aliphatic rings. The van der Waals surface area contributed by atoms with Crippen molar-refractivity contribution in [2.45, 2.75) is 52.6 Å². The zero-order chi connectivity index (χ0) is 31.6. The summed E-state index contributed by atoms with van der Waals surface area (Å²) in [4.78, 5) is 47.3. The number of nitrogens with zero attached hydrogens (tertiary/aromatic N) is 2. The fraction of sp³-hybridized carbons (Fsp3) is 0.469. The maximum Gasteiger partial charge on any atom is 0.312 e. The average molecular weight is 667 g/mol. The van der Waals surface area contributed by atoms with Gasteiger partial charge in [0, 0.05) is 45.5 Å². The smallest absolute Gasteiger partial charge is 0.312 e. The third-order valence-corrected chi connectivity index (χ3v) is 9.38. The number of rotatable bonds is 6. The summed E-state index contributed by atoms with van der Waals surface area (Å²) in [7, 11) is 0. The number of amides is 2. The Morgan fingerprint density at radius 1 is 1.09 bits per heavy atom. The van der Waals surface area contributed by atoms with Gasteiger partial charge in [-0.15, -0.1) is 0 Å². The number of carbonyl (C=O) groups is 3. The molecule has 1 spiro atoms. The minimum absolute atomic E-state index is 0.0805. The van der Waals surface area contributed by atoms with Crippen LogP contribution in [0.2, 0.25) is 20.1 Å². The maximum atomic E-state index is 15.1. The van der Waals surface area contributed by atoms with Crippen molar-refractivity contribution < 1.29 is 19.1 Å². The number of hydrogen-bond donors (Lipinski definition) is 1. The minimum Gasteiger partial charge on any atom is -0.461 e. The number of carbonyl (C=O) groups excluding carboxylic acids is 3. The Hall–Kier alpha value is -2.29. The lowest BCUT2D eigenvalue weighted by Crippen LogP contribution is -2.54. The summed E-state index contributed by atoms with van der Waals surface area (Å²) in [5.74, 6) is -3.63. The van der Waals surface area contributed by atoms with E-state index in [9.17, 15) is 9.59 Å². The van der Waals surface area contributed by atoms with Crippen molar-refractivity contribution in [1.29, 1.82) is 0 Å². The quantitative estimate of drug-likeness (QED) is 0.254. The SMILES string of the molecule is C=CCOC(=O)[C@@H]1[C@H](C(=O)N(CC(C)(C)C)c2cc(Cl)cc(Cl)c2)[C@@H]2CC(C)(C)CN2C12C(=O)Nc1c(Cl)cc(Cl)cc12. The molecule has 0 radical (unpaired) electrons. The molecule has 43 heavy (non-hydrogen) atoms. The topological polar surface area (TPSA) is 79.0 Å². The lowest BCUT2D eigenvalue weighted by molar-refractivity contribution is -0.157. The molecule has 3 heterocycles. The van der Waals surface area contributed by atoms with Crippen molar-refractivity contribution in [2.75, 3.05) is 29.9 Å². The highest BCUT2D eigenvalue weighted by molar-refractivity contribution is 6.38. The Labute approximate surface area is 272 Å². The minimum atomic E-state index is -1.58. The largest absolute Gasteiger partial charge is 0.461 e. The van der Waals surface area contributed by atoms with Gasteiger partial charge < -0.3 is 15.0 Å². The summed E-state index contributed by atoms with van der Waals surface area (Å²) in [6.45, 7) is 14.6. The number of benzene rings is 2. The predicted octanol–water partition coefficient (Wildman–Crippen LogP) is 7.60. The van der Waals surface area contributed by atoms with Crippen molar-refractivity contribution in [2.24, 2.45) is 22.7 Å². The molecule has 2 fully saturated rings. The van der Waals surface area contributed by atoms with Gasteiger partial charge in [0.2, 0.25) is 5.91 Å². The number of ether oxygens (including phenoxy) is 1. The van der Waals surface area contributed by atoms with Gasteiger partial charge >= 0.3 is 5.97 Å². The number of anilines is 2. The molecule has 2 aromatic rings. The van der Waals surface area contributed by atoms with Crippen LogP contribution in [0.25, 0.3) is 0 Å². The van der Waals surface area contributed by atoms with E-state index in [1.807, 2.05) is 25.7 Å². The van der Waals surface area contributed by atoms with Crippen molar-refractivity contribution in [3.8, 4) is 0 Å². The lowest BCUT2D eigenvalue weighted by Gasteiger charge is -2.38. The molecular formula is C32H35Cl4N3O4. The van der Waals surface area contributed by atoms with Gasteiger partial charge in [0.25, 0.3) is 5.91 Å². The third kappa shape index (κ3) is 5.57. The highest BCUT2D eigenvalue weighted by atomic mass is 35.5. The summed E-state index contributed by atoms with van der Waals surface area (Å²) in [6, 6.07) is 7.69. The Morgan fingerprint density at radius 2 is 1.72 bits per heavy atom. The summed E-state index contributed by atoms with van der Waals surface area (Å²) < 4.78 is 5.67. The molecule has 230 valence electrons. The van der Waals surface area contributed by atoms with E-state index < -0.39 is 35.3 Å². The van der Waals surface area contributed by atoms with Crippen LogP contribution in [0, 0.1) is 22.7 Å². The second-order valence-electron chi connectivity index (χ2n) is 13.6. The fourth-order valence-corrected chi connectivity index (χ4v) is 8.17. The predicted molar refractivity (Wildman–Crippen MR) is 172 cm³/mol. The number of halogens is 4. The van der Waals surface area contributed by atoms with Crippen LogP contribution in [0.15, 0.2) is 43.0 Å². The first-order valence-corrected chi connectivity index (χ1v) is 15.6. The Bertz CT molecular complexity index is 1500. The third-order valence-electron chi connectivity index (χ3n) is 8.43. The Balaban J connectivity index is 1.77. The summed E-state index contributed by atoms with van der Waals surface area (Å²) in [5, 5.41) is 4.22. The second-order valence-corrected chi connectivity index (χ2v) is 15.3. The molecule has 1 unspecified atom stereocenters. The highest BCUT2D eigenvalue weighted by Gasteiger charge is 2.73. The Morgan fingerprint density at radius 3 is 2.33 bits per heavy atom. The fourth-order valence-electron chi connectivity index (χ4n) is 7.11. The van der Waals surface area contributed by atoms with Gasteiger partial charge in [-0.2, -0.15) is 0 Å². The number of fused-ring (bicyclic) bond motifs is 4. The molecule has 0 saturated carbocycles. The van der Waals surface area contributed by atoms with Crippen molar-refractivity contribution in [3.63, 3.8) is 0 Å². The molecule has 11 heteroatoms. The number of nitrogens with one attached hydrogen (secondary N) is 1. The van der Waals surface area contributed by atoms with E-state index in [1.165, 1.54) is 6.08 Å². The van der Waals surface area contributed by atoms with Gasteiger partial charge in [-0.3, -0.25) is 19.3 Å². The first kappa shape index (κ1) is 32.1. The van der Waals surface area contributed by atoms with Crippen molar-refractivity contribution >= 4 is 75.6 Å². The zero-order valence-corrected chi connectivity index (χ0v) is 27.8. The molecule has 0 aliphatic carbocycles. The van der Waals surface area contributed by atoms with Crippen LogP contribution in [0.5, 0.6) is 0 Å². The molecule has 4 atom stereocenters. The monoisotopic (exact) mass is 665 g/mol. The van der Waals surface area contributed by atoms with Gasteiger partial charge in [0.1, 0.15) is 18.1 Å². The molecule has 5 rings (SSSR count). The Kier molecular flexibility index (Phi) is 8.41. The standard InChI is InChI=1S/C32H35Cl4N3O4/c1-7-8-43-28(41)25-24(27(40)38(15-30(2,3)4)20-10-17(33)9-18(34)11-20)23-14-31(5,6)16-39(23)32(25)21-12-19(35)13-22(36)26(21)37-29(32)42/h7,9-13,23-25H,1,8,14-16H2,2-6H3,(H,37,42)/t23-,24+,25-,32?/m0/s1. The van der Waals surface area contributed by atoms with E-state index in [-0.39, 0.29) is 28.4 Å². The van der Waals surface area contributed by atoms with Crippen LogP contribution in [-0.2, 0) is 24.7 Å². The van der Waals surface area contributed by atoms with Crippen LogP contribution in [0.4, 0.5) is 11.4 Å². The average Bonchev–Trinajstić information content (AvgIpc) is 3.45. The van der Waals surface area contributed by atoms with Crippen LogP contribution >= 0.6 is 46.4 Å². The van der Waals surface area contributed by atoms with Crippen LogP contribution < -0.4 is 10.2 Å². The molecule has 0 bridgehead atoms. The molecule has 7 nitrogen and oxygen atoms in total. The molecule has 2 saturated heterocycles. The summed E-state index contributed by atoms with van der Waals surface area (Å²) >= 11 is 25.9. The molecule has 0 aromatic heterocycles. The molecule has 3 aliphatic heterocycles. The molecule has 2 aromatic carbocycles. The van der Waals surface area contributed by atoms with Crippen LogP contribution in [-0.4, -0.2) is 48.4 Å². The molecule has 1 N–H and O–H groups in total. The van der Waals surface area contributed by atoms with E-state index in [0.29, 0.717) is 51.5 Å². The van der Waals surface area contributed by atoms with Gasteiger partial charge in [-0.25, -0.2) is 0 Å². The van der Waals surface area contributed by atoms with E-state index in [4.69, 9.17) is 51.1 Å². The first-order valence-electron chi connectivity index (χ1n) is 14.1. The highest BCUT2D eigenvalue weighted by Crippen LogP contribution is 2.62. The lowest BCUT2D eigenvalue weighted by atomic mass is 9.71. The van der Waals surface area contributed by atoms with E-state index in [2.05, 4.69) is 25.7 Å². The van der Waals surface area contributed by atoms with E-state index in [1.54, 1.807) is 35.2 Å². The first-order chi connectivity index (χ1) is 20.0. The van der Waals surface area contributed by atoms with Crippen molar-refractivity contribution in [1.82, 2.24) is 4.90 Å². The number of esters is 1. The maximum absolute atomic E-state index is 15.1. The zero-order valence-electron chi connectivity index (χ0n) is 24.8. The van der Waals surface area contributed by atoms with Gasteiger partial charge in [0.15, 0.2) is 0 Å². The summed E-state index contributed by atoms with van der Waals surface area (Å²) in [6.07, 6.45) is 2.02. The normalized spacial score (nSPS) is 25.8. The van der Waals surface area contributed by atoms with Gasteiger partial charge in [-0.1, -0.05) is 93.7 Å². The van der Waals surface area contributed by atoms with E-state index in [0.717, 1.165) is 0 Å². The van der Waals surface area contributed by atoms with Crippen LogP contribution in [0.1, 0.15) is 46.6 Å². The summed E-state index contributed by atoms with van der Waals surface area (Å²) in [5.41, 5.74) is -0.856. The van der Waals surface area contributed by atoms with Gasteiger partial charge in [0.05, 0.1) is 16.6 Å². The van der Waals surface area contributed by atoms with Crippen molar-refractivity contribution in [3.05, 3.63) is 68.6 Å². The molecule has 2 amide bonds. The second kappa shape index (κ2) is 11.3. The van der Waals surface area contributed by atoms with Crippen LogP contribution in [0.3, 0.4) is 0 Å². The van der Waals surface area contributed by atoms with E-state index >= 15 is 4.79 Å².